The lowest BCUT2D eigenvalue weighted by atomic mass is 10.0. The van der Waals surface area contributed by atoms with Gasteiger partial charge < -0.3 is 5.11 Å². The molecule has 2 heterocycles. The first-order valence-corrected chi connectivity index (χ1v) is 8.39. The fourth-order valence-corrected chi connectivity index (χ4v) is 4.72. The van der Waals surface area contributed by atoms with Crippen molar-refractivity contribution in [3.05, 3.63) is 0 Å². The molecule has 0 spiro atoms. The van der Waals surface area contributed by atoms with Gasteiger partial charge in [-0.1, -0.05) is 0 Å². The van der Waals surface area contributed by atoms with Crippen LogP contribution < -0.4 is 0 Å². The van der Waals surface area contributed by atoms with Crippen LogP contribution in [0.5, 0.6) is 0 Å². The van der Waals surface area contributed by atoms with Gasteiger partial charge in [-0.05, 0) is 20.8 Å². The highest BCUT2D eigenvalue weighted by atomic mass is 32.2. The van der Waals surface area contributed by atoms with Gasteiger partial charge in [-0.15, -0.1) is 0 Å². The highest BCUT2D eigenvalue weighted by Crippen LogP contribution is 2.22. The van der Waals surface area contributed by atoms with Crippen LogP contribution in [0, 0.1) is 0 Å². The third kappa shape index (κ3) is 3.04. The number of sulfone groups is 1. The Hall–Kier alpha value is -0.170. The number of aliphatic hydroxyl groups excluding tert-OH is 1. The summed E-state index contributed by atoms with van der Waals surface area (Å²) in [4.78, 5) is 4.54. The average Bonchev–Trinajstić information content (AvgIpc) is 2.51. The summed E-state index contributed by atoms with van der Waals surface area (Å²) < 4.78 is 23.0. The highest BCUT2D eigenvalue weighted by molar-refractivity contribution is 7.91. The van der Waals surface area contributed by atoms with Crippen LogP contribution in [0.1, 0.15) is 20.8 Å². The molecule has 0 aromatic heterocycles. The number of hydrogen-bond acceptors (Lipinski definition) is 5. The third-order valence-corrected chi connectivity index (χ3v) is 5.72. The second-order valence-electron chi connectivity index (χ2n) is 6.41. The van der Waals surface area contributed by atoms with Crippen LogP contribution in [0.25, 0.3) is 0 Å². The van der Waals surface area contributed by atoms with Crippen LogP contribution in [0.4, 0.5) is 0 Å². The number of piperazine rings is 1. The van der Waals surface area contributed by atoms with Gasteiger partial charge in [0, 0.05) is 31.7 Å². The van der Waals surface area contributed by atoms with Crippen LogP contribution in [0.2, 0.25) is 0 Å². The molecule has 2 rings (SSSR count). The van der Waals surface area contributed by atoms with Gasteiger partial charge in [-0.2, -0.15) is 0 Å². The molecule has 2 fully saturated rings. The second kappa shape index (κ2) is 4.74. The van der Waals surface area contributed by atoms with Crippen molar-refractivity contribution in [3.8, 4) is 0 Å². The fraction of sp³-hybridized carbons (Fsp3) is 1.00. The summed E-state index contributed by atoms with van der Waals surface area (Å²) >= 11 is 0. The lowest BCUT2D eigenvalue weighted by Gasteiger charge is -2.44. The maximum absolute atomic E-state index is 11.5. The molecule has 2 saturated heterocycles. The monoisotopic (exact) mass is 276 g/mol. The summed E-state index contributed by atoms with van der Waals surface area (Å²) in [5, 5.41) is 9.87. The molecule has 0 radical (unpaired) electrons. The van der Waals surface area contributed by atoms with E-state index in [-0.39, 0.29) is 23.1 Å². The number of hydrogen-bond donors (Lipinski definition) is 1. The predicted molar refractivity (Wildman–Crippen MR) is 71.3 cm³/mol. The topological polar surface area (TPSA) is 60.9 Å². The van der Waals surface area contributed by atoms with Gasteiger partial charge in [-0.25, -0.2) is 8.42 Å². The van der Waals surface area contributed by atoms with E-state index >= 15 is 0 Å². The Balaban J connectivity index is 1.95. The van der Waals surface area contributed by atoms with E-state index in [2.05, 4.69) is 30.6 Å². The summed E-state index contributed by atoms with van der Waals surface area (Å²) in [6.07, 6.45) is -0.712. The van der Waals surface area contributed by atoms with Crippen molar-refractivity contribution in [3.63, 3.8) is 0 Å². The van der Waals surface area contributed by atoms with Crippen molar-refractivity contribution in [2.24, 2.45) is 0 Å². The summed E-state index contributed by atoms with van der Waals surface area (Å²) in [5.41, 5.74) is 0.159. The van der Waals surface area contributed by atoms with E-state index in [1.54, 1.807) is 0 Å². The molecule has 106 valence electrons. The molecule has 5 nitrogen and oxygen atoms in total. The first kappa shape index (κ1) is 14.2. The van der Waals surface area contributed by atoms with Crippen molar-refractivity contribution in [1.29, 1.82) is 0 Å². The van der Waals surface area contributed by atoms with Gasteiger partial charge in [-0.3, -0.25) is 9.80 Å². The minimum atomic E-state index is -3.04. The quantitative estimate of drug-likeness (QED) is 0.703. The summed E-state index contributed by atoms with van der Waals surface area (Å²) in [5.74, 6) is 0.0425. The third-order valence-electron chi connectivity index (χ3n) is 4.03. The smallest absolute Gasteiger partial charge is 0.154 e. The van der Waals surface area contributed by atoms with E-state index in [1.807, 2.05) is 0 Å². The van der Waals surface area contributed by atoms with Gasteiger partial charge in [0.1, 0.15) is 0 Å². The van der Waals surface area contributed by atoms with Crippen molar-refractivity contribution in [1.82, 2.24) is 9.80 Å². The molecular weight excluding hydrogens is 252 g/mol. The zero-order valence-electron chi connectivity index (χ0n) is 11.5. The predicted octanol–water partition coefficient (Wildman–Crippen LogP) is -0.440. The van der Waals surface area contributed by atoms with E-state index in [9.17, 15) is 13.5 Å². The molecule has 0 bridgehead atoms. The van der Waals surface area contributed by atoms with Crippen LogP contribution >= 0.6 is 0 Å². The van der Waals surface area contributed by atoms with Gasteiger partial charge >= 0.3 is 0 Å². The van der Waals surface area contributed by atoms with Crippen molar-refractivity contribution in [2.45, 2.75) is 38.5 Å². The summed E-state index contributed by atoms with van der Waals surface area (Å²) in [6, 6.07) is -0.197. The van der Waals surface area contributed by atoms with Gasteiger partial charge in [0.2, 0.25) is 0 Å². The Kier molecular flexibility index (Phi) is 3.75. The zero-order chi connectivity index (χ0) is 13.6. The molecule has 2 aliphatic rings. The lowest BCUT2D eigenvalue weighted by molar-refractivity contribution is 0.0156. The van der Waals surface area contributed by atoms with Crippen LogP contribution in [-0.4, -0.2) is 78.7 Å². The standard InChI is InChI=1S/C12H24N2O3S/c1-12(2,3)14-6-4-13(5-7-14)10-8-18(16,17)9-11(10)15/h10-11,15H,4-9H2,1-3H3. The van der Waals surface area contributed by atoms with Gasteiger partial charge in [0.15, 0.2) is 9.84 Å². The highest BCUT2D eigenvalue weighted by Gasteiger charge is 2.41. The molecule has 2 aliphatic heterocycles. The Morgan fingerprint density at radius 2 is 1.61 bits per heavy atom. The van der Waals surface area contributed by atoms with Crippen LogP contribution in [0.15, 0.2) is 0 Å². The first-order chi connectivity index (χ1) is 8.19. The zero-order valence-corrected chi connectivity index (χ0v) is 12.3. The normalized spacial score (nSPS) is 34.9. The Morgan fingerprint density at radius 3 is 2.00 bits per heavy atom. The van der Waals surface area contributed by atoms with Gasteiger partial charge in [0.05, 0.1) is 23.7 Å². The SMILES string of the molecule is CC(C)(C)N1CCN(C2CS(=O)(=O)CC2O)CC1. The minimum absolute atomic E-state index is 0.0723. The minimum Gasteiger partial charge on any atom is -0.390 e. The summed E-state index contributed by atoms with van der Waals surface area (Å²) in [6.45, 7) is 10.1. The Bertz CT molecular complexity index is 394. The van der Waals surface area contributed by atoms with E-state index < -0.39 is 15.9 Å². The Morgan fingerprint density at radius 1 is 1.06 bits per heavy atom. The molecule has 0 saturated carbocycles. The maximum atomic E-state index is 11.5. The summed E-state index contributed by atoms with van der Waals surface area (Å²) in [7, 11) is -3.04. The van der Waals surface area contributed by atoms with Crippen molar-refractivity contribution in [2.75, 3.05) is 37.7 Å². The second-order valence-corrected chi connectivity index (χ2v) is 8.56. The molecular formula is C12H24N2O3S. The molecule has 0 amide bonds. The van der Waals surface area contributed by atoms with Crippen LogP contribution in [0.3, 0.4) is 0 Å². The maximum Gasteiger partial charge on any atom is 0.154 e. The van der Waals surface area contributed by atoms with E-state index in [4.69, 9.17) is 0 Å². The average molecular weight is 276 g/mol. The fourth-order valence-electron chi connectivity index (χ4n) is 2.88. The van der Waals surface area contributed by atoms with Gasteiger partial charge in [0.25, 0.3) is 0 Å². The molecule has 2 unspecified atom stereocenters. The van der Waals surface area contributed by atoms with E-state index in [0.717, 1.165) is 26.2 Å². The van der Waals surface area contributed by atoms with Crippen molar-refractivity contribution < 1.29 is 13.5 Å². The van der Waals surface area contributed by atoms with Crippen molar-refractivity contribution >= 4 is 9.84 Å². The largest absolute Gasteiger partial charge is 0.390 e. The van der Waals surface area contributed by atoms with E-state index in [0.29, 0.717) is 0 Å². The number of rotatable bonds is 1. The van der Waals surface area contributed by atoms with Crippen LogP contribution in [-0.2, 0) is 9.84 Å². The molecule has 1 N–H and O–H groups in total. The molecule has 0 aromatic rings. The molecule has 0 aliphatic carbocycles. The number of aliphatic hydroxyl groups is 1. The first-order valence-electron chi connectivity index (χ1n) is 6.57. The molecule has 0 aromatic carbocycles. The Labute approximate surface area is 110 Å². The lowest BCUT2D eigenvalue weighted by Crippen LogP contribution is -2.57. The van der Waals surface area contributed by atoms with E-state index in [1.165, 1.54) is 0 Å². The molecule has 2 atom stereocenters. The molecule has 18 heavy (non-hydrogen) atoms. The molecule has 6 heteroatoms. The number of nitrogens with zero attached hydrogens (tertiary/aromatic N) is 2.